The van der Waals surface area contributed by atoms with E-state index < -0.39 is 0 Å². The summed E-state index contributed by atoms with van der Waals surface area (Å²) in [6.45, 7) is -0.0235. The van der Waals surface area contributed by atoms with Gasteiger partial charge in [0.15, 0.2) is 11.0 Å². The van der Waals surface area contributed by atoms with Crippen molar-refractivity contribution in [1.29, 1.82) is 0 Å². The number of hydrogen-bond donors (Lipinski definition) is 2. The van der Waals surface area contributed by atoms with Gasteiger partial charge in [0, 0.05) is 11.3 Å². The summed E-state index contributed by atoms with van der Waals surface area (Å²) in [7, 11) is 0. The Bertz CT molecular complexity index is 1160. The Morgan fingerprint density at radius 1 is 1.10 bits per heavy atom. The van der Waals surface area contributed by atoms with E-state index in [0.717, 1.165) is 16.8 Å². The summed E-state index contributed by atoms with van der Waals surface area (Å²) in [5.41, 5.74) is 5.02. The van der Waals surface area contributed by atoms with E-state index in [1.165, 1.54) is 24.2 Å². The predicted molar refractivity (Wildman–Crippen MR) is 118 cm³/mol. The molecule has 0 aliphatic carbocycles. The molecule has 1 amide bonds. The molecule has 0 fully saturated rings. The zero-order chi connectivity index (χ0) is 21.5. The Hall–Kier alpha value is -3.69. The zero-order valence-electron chi connectivity index (χ0n) is 16.4. The Labute approximate surface area is 182 Å². The van der Waals surface area contributed by atoms with Crippen molar-refractivity contribution in [3.63, 3.8) is 0 Å². The van der Waals surface area contributed by atoms with Gasteiger partial charge in [-0.25, -0.2) is 5.43 Å². The number of benzene rings is 2. The maximum Gasteiger partial charge on any atom is 0.250 e. The molecule has 4 rings (SSSR count). The molecule has 0 saturated carbocycles. The van der Waals surface area contributed by atoms with E-state index in [9.17, 15) is 9.90 Å². The lowest BCUT2D eigenvalue weighted by Crippen LogP contribution is -2.19. The van der Waals surface area contributed by atoms with Gasteiger partial charge in [0.2, 0.25) is 0 Å². The van der Waals surface area contributed by atoms with E-state index in [1.807, 2.05) is 59.2 Å². The molecular weight excluding hydrogens is 414 g/mol. The first kappa shape index (κ1) is 20.6. The number of thioether (sulfide) groups is 1. The average Bonchev–Trinajstić information content (AvgIpc) is 3.48. The highest BCUT2D eigenvalue weighted by atomic mass is 32.2. The molecule has 0 saturated heterocycles. The summed E-state index contributed by atoms with van der Waals surface area (Å²) in [5, 5.41) is 22.4. The SMILES string of the molecule is O=C(CSc1nnc(-c2ccc(CO)cc2)n1-c1ccccc1)N/N=C/c1ccco1. The van der Waals surface area contributed by atoms with Gasteiger partial charge in [-0.2, -0.15) is 5.10 Å². The van der Waals surface area contributed by atoms with Crippen LogP contribution in [0.4, 0.5) is 0 Å². The van der Waals surface area contributed by atoms with Crippen molar-refractivity contribution in [3.8, 4) is 17.1 Å². The summed E-state index contributed by atoms with van der Waals surface area (Å²) >= 11 is 1.26. The molecule has 0 aliphatic rings. The number of nitrogens with one attached hydrogen (secondary N) is 1. The van der Waals surface area contributed by atoms with Crippen LogP contribution in [0.5, 0.6) is 0 Å². The molecular formula is C22H19N5O3S. The van der Waals surface area contributed by atoms with Crippen LogP contribution < -0.4 is 5.43 Å². The molecule has 0 bridgehead atoms. The third-order valence-electron chi connectivity index (χ3n) is 4.30. The number of carbonyl (C=O) groups is 1. The van der Waals surface area contributed by atoms with Gasteiger partial charge in [-0.1, -0.05) is 54.2 Å². The van der Waals surface area contributed by atoms with Gasteiger partial charge in [0.1, 0.15) is 5.76 Å². The van der Waals surface area contributed by atoms with Crippen molar-refractivity contribution in [2.75, 3.05) is 5.75 Å². The van der Waals surface area contributed by atoms with Crippen molar-refractivity contribution in [2.24, 2.45) is 5.10 Å². The van der Waals surface area contributed by atoms with Crippen LogP contribution in [0.2, 0.25) is 0 Å². The van der Waals surface area contributed by atoms with Crippen molar-refractivity contribution in [3.05, 3.63) is 84.3 Å². The summed E-state index contributed by atoms with van der Waals surface area (Å²) in [6, 6.07) is 20.6. The number of amides is 1. The summed E-state index contributed by atoms with van der Waals surface area (Å²) < 4.78 is 7.03. The second-order valence-electron chi connectivity index (χ2n) is 6.43. The Morgan fingerprint density at radius 3 is 2.61 bits per heavy atom. The van der Waals surface area contributed by atoms with Gasteiger partial charge in [-0.05, 0) is 29.8 Å². The van der Waals surface area contributed by atoms with Gasteiger partial charge in [0.25, 0.3) is 5.91 Å². The number of hydrazone groups is 1. The van der Waals surface area contributed by atoms with Crippen molar-refractivity contribution >= 4 is 23.9 Å². The minimum absolute atomic E-state index is 0.0235. The van der Waals surface area contributed by atoms with Crippen LogP contribution in [0.15, 0.2) is 87.7 Å². The first-order valence-electron chi connectivity index (χ1n) is 9.44. The molecule has 9 heteroatoms. The van der Waals surface area contributed by atoms with Crippen LogP contribution in [0.1, 0.15) is 11.3 Å². The molecule has 0 unspecified atom stereocenters. The smallest absolute Gasteiger partial charge is 0.250 e. The monoisotopic (exact) mass is 433 g/mol. The van der Waals surface area contributed by atoms with Gasteiger partial charge in [-0.15, -0.1) is 10.2 Å². The molecule has 0 radical (unpaired) electrons. The maximum atomic E-state index is 12.2. The normalized spacial score (nSPS) is 11.1. The number of carbonyl (C=O) groups excluding carboxylic acids is 1. The fraction of sp³-hybridized carbons (Fsp3) is 0.0909. The predicted octanol–water partition coefficient (Wildman–Crippen LogP) is 3.26. The highest BCUT2D eigenvalue weighted by molar-refractivity contribution is 7.99. The lowest BCUT2D eigenvalue weighted by molar-refractivity contribution is -0.118. The van der Waals surface area contributed by atoms with Gasteiger partial charge in [-0.3, -0.25) is 9.36 Å². The number of aliphatic hydroxyl groups excluding tert-OH is 1. The minimum atomic E-state index is -0.274. The van der Waals surface area contributed by atoms with Crippen molar-refractivity contribution < 1.29 is 14.3 Å². The molecule has 31 heavy (non-hydrogen) atoms. The fourth-order valence-electron chi connectivity index (χ4n) is 2.81. The van der Waals surface area contributed by atoms with E-state index in [-0.39, 0.29) is 18.3 Å². The molecule has 2 N–H and O–H groups in total. The van der Waals surface area contributed by atoms with E-state index in [2.05, 4.69) is 20.7 Å². The van der Waals surface area contributed by atoms with Gasteiger partial charge in [0.05, 0.1) is 24.8 Å². The molecule has 2 aromatic carbocycles. The largest absolute Gasteiger partial charge is 0.463 e. The number of rotatable bonds is 8. The third-order valence-corrected chi connectivity index (χ3v) is 5.23. The van der Waals surface area contributed by atoms with Crippen molar-refractivity contribution in [2.45, 2.75) is 11.8 Å². The summed E-state index contributed by atoms with van der Waals surface area (Å²) in [5.74, 6) is 1.04. The molecule has 156 valence electrons. The lowest BCUT2D eigenvalue weighted by atomic mass is 10.1. The molecule has 0 spiro atoms. The highest BCUT2D eigenvalue weighted by Crippen LogP contribution is 2.28. The molecule has 2 aromatic heterocycles. The topological polar surface area (TPSA) is 106 Å². The number of hydrogen-bond acceptors (Lipinski definition) is 7. The summed E-state index contributed by atoms with van der Waals surface area (Å²) in [6.07, 6.45) is 2.97. The van der Waals surface area contributed by atoms with Gasteiger partial charge < -0.3 is 9.52 Å². The Kier molecular flexibility index (Phi) is 6.56. The second-order valence-corrected chi connectivity index (χ2v) is 7.37. The first-order valence-corrected chi connectivity index (χ1v) is 10.4. The standard InChI is InChI=1S/C22H19N5O3S/c28-14-16-8-10-17(11-9-16)21-25-26-22(27(21)18-5-2-1-3-6-18)31-15-20(29)24-23-13-19-7-4-12-30-19/h1-13,28H,14-15H2,(H,24,29)/b23-13+. The quantitative estimate of drug-likeness (QED) is 0.251. The van der Waals surface area contributed by atoms with Crippen LogP contribution in [-0.2, 0) is 11.4 Å². The Balaban J connectivity index is 1.53. The van der Waals surface area contributed by atoms with E-state index in [1.54, 1.807) is 12.1 Å². The average molecular weight is 433 g/mol. The third kappa shape index (κ3) is 5.08. The molecule has 4 aromatic rings. The second kappa shape index (κ2) is 9.88. The van der Waals surface area contributed by atoms with Crippen LogP contribution >= 0.6 is 11.8 Å². The number of furan rings is 1. The molecule has 2 heterocycles. The van der Waals surface area contributed by atoms with Crippen LogP contribution in [0.25, 0.3) is 17.1 Å². The van der Waals surface area contributed by atoms with Crippen LogP contribution in [0.3, 0.4) is 0 Å². The summed E-state index contributed by atoms with van der Waals surface area (Å²) in [4.78, 5) is 12.2. The fourth-order valence-corrected chi connectivity index (χ4v) is 3.56. The minimum Gasteiger partial charge on any atom is -0.463 e. The first-order chi connectivity index (χ1) is 15.2. The molecule has 8 nitrogen and oxygen atoms in total. The lowest BCUT2D eigenvalue weighted by Gasteiger charge is -2.10. The highest BCUT2D eigenvalue weighted by Gasteiger charge is 2.17. The number of aliphatic hydroxyl groups is 1. The van der Waals surface area contributed by atoms with Gasteiger partial charge >= 0.3 is 0 Å². The zero-order valence-corrected chi connectivity index (χ0v) is 17.2. The molecule has 0 aliphatic heterocycles. The van der Waals surface area contributed by atoms with Crippen LogP contribution in [0, 0.1) is 0 Å². The Morgan fingerprint density at radius 2 is 1.90 bits per heavy atom. The van der Waals surface area contributed by atoms with E-state index in [0.29, 0.717) is 16.7 Å². The number of aromatic nitrogens is 3. The molecule has 0 atom stereocenters. The number of para-hydroxylation sites is 1. The van der Waals surface area contributed by atoms with Crippen molar-refractivity contribution in [1.82, 2.24) is 20.2 Å². The van der Waals surface area contributed by atoms with E-state index in [4.69, 9.17) is 4.42 Å². The maximum absolute atomic E-state index is 12.2. The number of nitrogens with zero attached hydrogens (tertiary/aromatic N) is 4. The van der Waals surface area contributed by atoms with Crippen LogP contribution in [-0.4, -0.2) is 37.7 Å². The van der Waals surface area contributed by atoms with E-state index >= 15 is 0 Å².